The Morgan fingerprint density at radius 1 is 1.42 bits per heavy atom. The molecule has 102 valence electrons. The van der Waals surface area contributed by atoms with Gasteiger partial charge in [-0.25, -0.2) is 9.18 Å². The Balaban J connectivity index is 2.84. The first-order chi connectivity index (χ1) is 8.89. The van der Waals surface area contributed by atoms with Crippen LogP contribution in [-0.2, 0) is 17.1 Å². The van der Waals surface area contributed by atoms with Crippen LogP contribution in [0.1, 0.15) is 0 Å². The van der Waals surface area contributed by atoms with E-state index in [0.717, 1.165) is 15.9 Å². The largest absolute Gasteiger partial charge is 0.343 e. The van der Waals surface area contributed by atoms with E-state index in [9.17, 15) is 17.6 Å². The fraction of sp³-hybridized carbons (Fsp3) is 0.200. The van der Waals surface area contributed by atoms with Crippen molar-refractivity contribution in [3.8, 4) is 0 Å². The molecule has 2 aromatic heterocycles. The Morgan fingerprint density at radius 2 is 2.11 bits per heavy atom. The number of thiophene rings is 1. The van der Waals surface area contributed by atoms with Crippen LogP contribution in [0.5, 0.6) is 0 Å². The Kier molecular flexibility index (Phi) is 3.42. The summed E-state index contributed by atoms with van der Waals surface area (Å²) in [4.78, 5) is 15.6. The fourth-order valence-corrected chi connectivity index (χ4v) is 3.90. The minimum atomic E-state index is -4.08. The summed E-state index contributed by atoms with van der Waals surface area (Å²) >= 11 is 0.952. The molecule has 0 radical (unpaired) electrons. The summed E-state index contributed by atoms with van der Waals surface area (Å²) in [5, 5.41) is 1.56. The lowest BCUT2D eigenvalue weighted by Crippen LogP contribution is -2.42. The monoisotopic (exact) mass is 303 g/mol. The zero-order valence-electron chi connectivity index (χ0n) is 10.1. The van der Waals surface area contributed by atoms with Crippen molar-refractivity contribution in [1.82, 2.24) is 8.54 Å². The quantitative estimate of drug-likeness (QED) is 0.793. The van der Waals surface area contributed by atoms with Gasteiger partial charge in [-0.3, -0.25) is 9.56 Å². The molecule has 0 aliphatic carbocycles. The second-order valence-corrected chi connectivity index (χ2v) is 6.59. The molecule has 2 rings (SSSR count). The Hall–Kier alpha value is -1.74. The third-order valence-corrected chi connectivity index (χ3v) is 5.46. The van der Waals surface area contributed by atoms with E-state index in [1.54, 1.807) is 5.38 Å². The van der Waals surface area contributed by atoms with E-state index in [1.807, 2.05) is 0 Å². The number of hydrogen-bond donors (Lipinski definition) is 0. The van der Waals surface area contributed by atoms with Crippen molar-refractivity contribution in [2.45, 2.75) is 4.21 Å². The predicted molar refractivity (Wildman–Crippen MR) is 68.0 cm³/mol. The molecule has 0 N–H and O–H groups in total. The fourth-order valence-electron chi connectivity index (χ4n) is 1.55. The third kappa shape index (κ3) is 2.15. The zero-order valence-corrected chi connectivity index (χ0v) is 11.7. The smallest absolute Gasteiger partial charge is 0.278 e. The number of nitrogens with zero attached hydrogens (tertiary/aromatic N) is 3. The van der Waals surface area contributed by atoms with Crippen molar-refractivity contribution in [3.05, 3.63) is 45.5 Å². The molecule has 0 atom stereocenters. The minimum absolute atomic E-state index is 0.0322. The van der Waals surface area contributed by atoms with Crippen molar-refractivity contribution >= 4 is 21.4 Å². The van der Waals surface area contributed by atoms with Gasteiger partial charge in [-0.05, 0) is 11.4 Å². The van der Waals surface area contributed by atoms with Crippen LogP contribution < -0.4 is 11.2 Å². The van der Waals surface area contributed by atoms with Gasteiger partial charge in [-0.15, -0.1) is 11.3 Å². The number of rotatable bonds is 2. The first-order valence-electron chi connectivity index (χ1n) is 5.09. The van der Waals surface area contributed by atoms with Crippen LogP contribution in [0.3, 0.4) is 0 Å². The van der Waals surface area contributed by atoms with E-state index >= 15 is 0 Å². The summed E-state index contributed by atoms with van der Waals surface area (Å²) in [6.45, 7) is 0. The first kappa shape index (κ1) is 13.7. The molecule has 2 aromatic rings. The number of aromatic nitrogens is 2. The molecule has 6 nitrogen and oxygen atoms in total. The third-order valence-electron chi connectivity index (χ3n) is 2.46. The van der Waals surface area contributed by atoms with Gasteiger partial charge in [0.2, 0.25) is 0 Å². The molecule has 0 unspecified atom stereocenters. The highest BCUT2D eigenvalue weighted by atomic mass is 32.2. The summed E-state index contributed by atoms with van der Waals surface area (Å²) in [5.41, 5.74) is -1.09. The van der Waals surface area contributed by atoms with E-state index in [2.05, 4.69) is 4.99 Å². The van der Waals surface area contributed by atoms with Gasteiger partial charge in [0.15, 0.2) is 11.3 Å². The lowest BCUT2D eigenvalue weighted by atomic mass is 10.6. The summed E-state index contributed by atoms with van der Waals surface area (Å²) < 4.78 is 39.3. The normalized spacial score (nSPS) is 12.9. The molecule has 9 heteroatoms. The number of hydrogen-bond acceptors (Lipinski definition) is 5. The van der Waals surface area contributed by atoms with E-state index in [-0.39, 0.29) is 9.70 Å². The van der Waals surface area contributed by atoms with Crippen LogP contribution in [-0.4, -0.2) is 24.0 Å². The van der Waals surface area contributed by atoms with Crippen LogP contribution >= 0.6 is 11.3 Å². The maximum atomic E-state index is 13.7. The molecule has 0 saturated heterocycles. The van der Waals surface area contributed by atoms with Crippen LogP contribution in [0.4, 0.5) is 4.39 Å². The highest BCUT2D eigenvalue weighted by Crippen LogP contribution is 2.17. The van der Waals surface area contributed by atoms with E-state index in [0.29, 0.717) is 10.2 Å². The summed E-state index contributed by atoms with van der Waals surface area (Å²) in [6, 6.07) is 2.89. The maximum Gasteiger partial charge on any atom is 0.343 e. The van der Waals surface area contributed by atoms with E-state index in [4.69, 9.17) is 0 Å². The van der Waals surface area contributed by atoms with Crippen molar-refractivity contribution in [2.75, 3.05) is 7.05 Å². The first-order valence-corrected chi connectivity index (χ1v) is 7.41. The molecule has 0 aliphatic heterocycles. The van der Waals surface area contributed by atoms with Gasteiger partial charge in [-0.2, -0.15) is 12.4 Å². The summed E-state index contributed by atoms with van der Waals surface area (Å²) in [7, 11) is -1.50. The Morgan fingerprint density at radius 3 is 2.63 bits per heavy atom. The molecule has 0 spiro atoms. The standard InChI is InChI=1S/C10H10FN3O3S2/c1-12-9-7(11)6-14(10(15)13(9)2)19(16,17)8-4-3-5-18-8/h3-6H,1-2H3/b12-9+. The molecule has 0 bridgehead atoms. The Bertz CT molecular complexity index is 832. The second kappa shape index (κ2) is 4.74. The molecular formula is C10H10FN3O3S2. The highest BCUT2D eigenvalue weighted by molar-refractivity contribution is 7.92. The van der Waals surface area contributed by atoms with Gasteiger partial charge in [0.05, 0.1) is 6.20 Å². The molecule has 0 aliphatic rings. The lowest BCUT2D eigenvalue weighted by molar-refractivity contribution is 0.538. The SMILES string of the molecule is C/N=c1\c(F)cn(S(=O)(=O)c2cccs2)c(=O)n1C. The predicted octanol–water partition coefficient (Wildman–Crippen LogP) is 0.155. The van der Waals surface area contributed by atoms with Crippen LogP contribution in [0, 0.1) is 5.82 Å². The van der Waals surface area contributed by atoms with E-state index < -0.39 is 21.5 Å². The lowest BCUT2D eigenvalue weighted by Gasteiger charge is -2.08. The van der Waals surface area contributed by atoms with Gasteiger partial charge >= 0.3 is 5.69 Å². The average molecular weight is 303 g/mol. The van der Waals surface area contributed by atoms with Crippen molar-refractivity contribution in [3.63, 3.8) is 0 Å². The van der Waals surface area contributed by atoms with Gasteiger partial charge in [0, 0.05) is 14.1 Å². The number of halogens is 1. The van der Waals surface area contributed by atoms with Gasteiger partial charge < -0.3 is 0 Å². The zero-order chi connectivity index (χ0) is 14.2. The van der Waals surface area contributed by atoms with Crippen molar-refractivity contribution in [1.29, 1.82) is 0 Å². The molecule has 0 amide bonds. The van der Waals surface area contributed by atoms with Gasteiger partial charge in [0.1, 0.15) is 4.21 Å². The maximum absolute atomic E-state index is 13.7. The molecule has 0 aromatic carbocycles. The van der Waals surface area contributed by atoms with E-state index in [1.165, 1.54) is 26.2 Å². The van der Waals surface area contributed by atoms with Gasteiger partial charge in [0.25, 0.3) is 10.0 Å². The minimum Gasteiger partial charge on any atom is -0.278 e. The molecule has 2 heterocycles. The molecule has 19 heavy (non-hydrogen) atoms. The van der Waals surface area contributed by atoms with Crippen molar-refractivity contribution in [2.24, 2.45) is 12.0 Å². The van der Waals surface area contributed by atoms with Crippen LogP contribution in [0.15, 0.2) is 37.7 Å². The molecule has 0 saturated carbocycles. The second-order valence-electron chi connectivity index (χ2n) is 3.60. The summed E-state index contributed by atoms with van der Waals surface area (Å²) in [6.07, 6.45) is 0.639. The highest BCUT2D eigenvalue weighted by Gasteiger charge is 2.22. The molecular weight excluding hydrogens is 293 g/mol. The van der Waals surface area contributed by atoms with Crippen LogP contribution in [0.25, 0.3) is 0 Å². The Labute approximate surface area is 112 Å². The van der Waals surface area contributed by atoms with Crippen molar-refractivity contribution < 1.29 is 12.8 Å². The topological polar surface area (TPSA) is 73.4 Å². The van der Waals surface area contributed by atoms with Gasteiger partial charge in [-0.1, -0.05) is 6.07 Å². The summed E-state index contributed by atoms with van der Waals surface area (Å²) in [5.74, 6) is -0.885. The average Bonchev–Trinajstić information content (AvgIpc) is 2.88. The van der Waals surface area contributed by atoms with Crippen LogP contribution in [0.2, 0.25) is 0 Å². The molecule has 0 fully saturated rings.